The van der Waals surface area contributed by atoms with Gasteiger partial charge in [0.25, 0.3) is 0 Å². The van der Waals surface area contributed by atoms with Gasteiger partial charge < -0.3 is 6.42 Å². The quantitative estimate of drug-likeness (QED) is 0.567. The average molecular weight is 380 g/mol. The second-order valence-corrected chi connectivity index (χ2v) is 2.14. The Morgan fingerprint density at radius 3 is 2.00 bits per heavy atom. The van der Waals surface area contributed by atoms with Crippen LogP contribution in [0.3, 0.4) is 0 Å². The molecule has 0 aromatic carbocycles. The third-order valence-corrected chi connectivity index (χ3v) is 1.43. The average Bonchev–Trinajstić information content (AvgIpc) is 2.24. The van der Waals surface area contributed by atoms with E-state index in [9.17, 15) is 0 Å². The maximum absolute atomic E-state index is 2.40. The molecule has 0 aliphatic heterocycles. The smallest absolute Gasteiger partial charge is 0 e. The van der Waals surface area contributed by atoms with E-state index in [0.29, 0.717) is 0 Å². The molecular weight excluding hydrogens is 363 g/mol. The van der Waals surface area contributed by atoms with Crippen LogP contribution in [-0.4, -0.2) is 0 Å². The van der Waals surface area contributed by atoms with Crippen LogP contribution in [0.15, 0.2) is 0 Å². The molecule has 1 unspecified atom stereocenters. The number of hydrogen-bond donors (Lipinski definition) is 0. The Labute approximate surface area is 53.3 Å². The molecule has 52 valence electrons. The van der Waals surface area contributed by atoms with E-state index >= 15 is 0 Å². The summed E-state index contributed by atoms with van der Waals surface area (Å²) in [5, 5.41) is 0. The van der Waals surface area contributed by atoms with Crippen LogP contribution in [-0.2, 0) is 0 Å². The van der Waals surface area contributed by atoms with Gasteiger partial charge in [0.05, 0.1) is 0 Å². The Morgan fingerprint density at radius 2 is 1.89 bits per heavy atom. The van der Waals surface area contributed by atoms with Crippen molar-refractivity contribution in [1.82, 2.24) is 0 Å². The molecule has 0 spiro atoms. The molecule has 0 N–H and O–H groups in total. The summed E-state index contributed by atoms with van der Waals surface area (Å²) >= 11 is 0. The molecule has 1 saturated carbocycles. The largest absolute Gasteiger partial charge is 0.326 e. The van der Waals surface area contributed by atoms with Crippen molar-refractivity contribution in [2.75, 3.05) is 0 Å². The fraction of sp³-hybridized carbons (Fsp3) is 0.875. The van der Waals surface area contributed by atoms with Gasteiger partial charge in [0.2, 0.25) is 0 Å². The molecule has 9 heavy (non-hydrogen) atoms. The fourth-order valence-electron chi connectivity index (χ4n) is 0.960. The van der Waals surface area contributed by atoms with E-state index in [1.165, 1.54) is 19.3 Å². The summed E-state index contributed by atoms with van der Waals surface area (Å²) in [6.45, 7) is 6.28. The summed E-state index contributed by atoms with van der Waals surface area (Å²) < 4.78 is 0. The molecule has 1 fully saturated rings. The summed E-state index contributed by atoms with van der Waals surface area (Å²) in [5.41, 5.74) is 0. The first-order valence-corrected chi connectivity index (χ1v) is 3.73. The zero-order valence-corrected chi connectivity index (χ0v) is 13.4. The van der Waals surface area contributed by atoms with E-state index in [0.717, 1.165) is 5.92 Å². The first-order valence-electron chi connectivity index (χ1n) is 3.73. The molecule has 0 amide bonds. The van der Waals surface area contributed by atoms with Crippen molar-refractivity contribution in [2.45, 2.75) is 40.0 Å². The van der Waals surface area contributed by atoms with Crippen molar-refractivity contribution in [3.8, 4) is 0 Å². The maximum atomic E-state index is 2.40. The van der Waals surface area contributed by atoms with Crippen LogP contribution in [0.4, 0.5) is 0 Å². The van der Waals surface area contributed by atoms with Crippen molar-refractivity contribution < 1.29 is 0 Å². The summed E-state index contributed by atoms with van der Waals surface area (Å²) in [4.78, 5) is 0. The normalized spacial score (nSPS) is 23.7. The minimum Gasteiger partial charge on any atom is -0.326 e. The van der Waals surface area contributed by atoms with Crippen LogP contribution in [0, 0.1) is 12.3 Å². The Bertz CT molecular complexity index is 37.8. The summed E-state index contributed by atoms with van der Waals surface area (Å²) in [5.74, 6) is 0.921. The van der Waals surface area contributed by atoms with Gasteiger partial charge in [0.15, 0.2) is 0 Å². The second kappa shape index (κ2) is 7.00. The van der Waals surface area contributed by atoms with Gasteiger partial charge in [-0.1, -0.05) is 33.6 Å². The van der Waals surface area contributed by atoms with E-state index in [1.807, 2.05) is 13.8 Å². The van der Waals surface area contributed by atoms with Gasteiger partial charge in [-0.25, -0.2) is 0 Å². The SMILES string of the molecule is CC.CC1[CH-]CCC1.[Rf]. The van der Waals surface area contributed by atoms with E-state index in [-0.39, 0.29) is 0 Å². The van der Waals surface area contributed by atoms with E-state index in [2.05, 4.69) is 13.3 Å². The predicted octanol–water partition coefficient (Wildman–Crippen LogP) is 3.04. The van der Waals surface area contributed by atoms with Crippen molar-refractivity contribution in [3.05, 3.63) is 6.42 Å². The number of hydrogen-bond acceptors (Lipinski definition) is 0. The van der Waals surface area contributed by atoms with Crippen molar-refractivity contribution in [2.24, 2.45) is 5.92 Å². The molecule has 1 rings (SSSR count). The minimum atomic E-state index is 0. The van der Waals surface area contributed by atoms with Gasteiger partial charge in [-0.05, 0) is 0 Å². The third-order valence-electron chi connectivity index (χ3n) is 1.43. The molecule has 0 aromatic rings. The van der Waals surface area contributed by atoms with Crippen molar-refractivity contribution >= 4 is 0 Å². The molecular formula is C8H17Rf-. The van der Waals surface area contributed by atoms with Gasteiger partial charge in [-0.15, -0.1) is 0 Å². The Balaban J connectivity index is 0. The van der Waals surface area contributed by atoms with E-state index in [4.69, 9.17) is 0 Å². The van der Waals surface area contributed by atoms with Gasteiger partial charge in [-0.2, -0.15) is 12.3 Å². The molecule has 0 bridgehead atoms. The minimum absolute atomic E-state index is 0. The Hall–Kier alpha value is -1.00. The topological polar surface area (TPSA) is 0 Å². The zero-order valence-electron chi connectivity index (χ0n) is 6.98. The van der Waals surface area contributed by atoms with Crippen LogP contribution in [0.25, 0.3) is 0 Å². The van der Waals surface area contributed by atoms with Crippen LogP contribution in [0.5, 0.6) is 0 Å². The van der Waals surface area contributed by atoms with Gasteiger partial charge in [-0.3, -0.25) is 0 Å². The Morgan fingerprint density at radius 1 is 1.33 bits per heavy atom. The van der Waals surface area contributed by atoms with Gasteiger partial charge in [0.1, 0.15) is 0 Å². The number of rotatable bonds is 0. The van der Waals surface area contributed by atoms with Gasteiger partial charge >= 0.3 is 0 Å². The molecule has 1 aliphatic rings. The van der Waals surface area contributed by atoms with Crippen LogP contribution >= 0.6 is 0 Å². The van der Waals surface area contributed by atoms with Crippen LogP contribution in [0.1, 0.15) is 40.0 Å². The third kappa shape index (κ3) is 4.86. The molecule has 0 saturated heterocycles. The van der Waals surface area contributed by atoms with E-state index < -0.39 is 0 Å². The van der Waals surface area contributed by atoms with E-state index in [1.54, 1.807) is 0 Å². The fourth-order valence-corrected chi connectivity index (χ4v) is 0.960. The molecule has 0 radical (unpaired) electrons. The monoisotopic (exact) mass is 380 g/mol. The van der Waals surface area contributed by atoms with Crippen molar-refractivity contribution in [1.29, 1.82) is 0 Å². The second-order valence-electron chi connectivity index (χ2n) is 2.14. The standard InChI is InChI=1S/C6H11.C2H6.Rf/c1-6-4-2-3-5-6;1-2;/h4,6H,2-3,5H2,1H3;1-2H3;/q-1;;. The molecule has 1 aliphatic carbocycles. The predicted molar refractivity (Wildman–Crippen MR) is 38.7 cm³/mol. The van der Waals surface area contributed by atoms with Crippen molar-refractivity contribution in [3.63, 3.8) is 0 Å². The van der Waals surface area contributed by atoms with Gasteiger partial charge in [0, 0.05) is 0 Å². The molecule has 0 heterocycles. The zero-order chi connectivity index (χ0) is 6.41. The van der Waals surface area contributed by atoms with Crippen LogP contribution in [0.2, 0.25) is 0 Å². The first-order chi connectivity index (χ1) is 3.89. The Kier molecular flexibility index (Phi) is 8.47. The molecule has 1 heteroatoms. The molecule has 1 atom stereocenters. The first kappa shape index (κ1) is 10.9. The maximum Gasteiger partial charge on any atom is 0 e. The van der Waals surface area contributed by atoms with Crippen LogP contribution < -0.4 is 0 Å². The summed E-state index contributed by atoms with van der Waals surface area (Å²) in [6.07, 6.45) is 6.63. The molecule has 0 aromatic heterocycles. The molecule has 0 nitrogen and oxygen atoms in total. The summed E-state index contributed by atoms with van der Waals surface area (Å²) in [6, 6.07) is 0. The summed E-state index contributed by atoms with van der Waals surface area (Å²) in [7, 11) is 0.